The summed E-state index contributed by atoms with van der Waals surface area (Å²) in [5.41, 5.74) is 6.20. The first-order valence-corrected chi connectivity index (χ1v) is 6.38. The number of hydrogen-bond acceptors (Lipinski definition) is 3. The molecule has 2 nitrogen and oxygen atoms in total. The van der Waals surface area contributed by atoms with Crippen molar-refractivity contribution >= 4 is 17.4 Å². The molecule has 1 aromatic carbocycles. The van der Waals surface area contributed by atoms with Crippen LogP contribution in [-0.4, -0.2) is 16.5 Å². The molecule has 0 spiro atoms. The molecule has 0 amide bonds. The second-order valence-electron chi connectivity index (χ2n) is 4.26. The van der Waals surface area contributed by atoms with Gasteiger partial charge in [0.15, 0.2) is 0 Å². The lowest BCUT2D eigenvalue weighted by Gasteiger charge is -2.21. The minimum absolute atomic E-state index is 0.451. The predicted molar refractivity (Wildman–Crippen MR) is 65.0 cm³/mol. The molecule has 0 bridgehead atoms. The molecule has 0 unspecified atom stereocenters. The fourth-order valence-electron chi connectivity index (χ4n) is 2.00. The normalized spacial score (nSPS) is 19.3. The summed E-state index contributed by atoms with van der Waals surface area (Å²) in [7, 11) is 0. The number of rotatable bonds is 3. The zero-order valence-electron chi connectivity index (χ0n) is 8.78. The van der Waals surface area contributed by atoms with Crippen molar-refractivity contribution in [3.05, 3.63) is 24.3 Å². The third-order valence-electron chi connectivity index (χ3n) is 2.95. The topological polar surface area (TPSA) is 46.2 Å². The van der Waals surface area contributed by atoms with Crippen molar-refractivity contribution in [1.82, 2.24) is 0 Å². The van der Waals surface area contributed by atoms with Gasteiger partial charge >= 0.3 is 0 Å². The number of hydrogen-bond donors (Lipinski definition) is 2. The van der Waals surface area contributed by atoms with Crippen LogP contribution in [0, 0.1) is 0 Å². The molecule has 0 radical (unpaired) electrons. The lowest BCUT2D eigenvalue weighted by molar-refractivity contribution is 0.0733. The summed E-state index contributed by atoms with van der Waals surface area (Å²) < 4.78 is 0. The Morgan fingerprint density at radius 2 is 1.93 bits per heavy atom. The van der Waals surface area contributed by atoms with E-state index in [1.54, 1.807) is 11.8 Å². The first kappa shape index (κ1) is 10.8. The third-order valence-corrected chi connectivity index (χ3v) is 4.31. The van der Waals surface area contributed by atoms with Crippen LogP contribution in [0.1, 0.15) is 25.7 Å². The Morgan fingerprint density at radius 3 is 2.60 bits per heavy atom. The van der Waals surface area contributed by atoms with E-state index in [0.29, 0.717) is 0 Å². The maximum Gasteiger partial charge on any atom is 0.0741 e. The van der Waals surface area contributed by atoms with Gasteiger partial charge in [0.1, 0.15) is 0 Å². The van der Waals surface area contributed by atoms with E-state index in [1.165, 1.54) is 0 Å². The summed E-state index contributed by atoms with van der Waals surface area (Å²) in [6, 6.07) is 7.83. The first-order valence-electron chi connectivity index (χ1n) is 5.39. The molecule has 1 fully saturated rings. The van der Waals surface area contributed by atoms with Gasteiger partial charge in [-0.05, 0) is 25.0 Å². The van der Waals surface area contributed by atoms with E-state index < -0.39 is 5.60 Å². The largest absolute Gasteiger partial charge is 0.398 e. The zero-order valence-corrected chi connectivity index (χ0v) is 9.59. The van der Waals surface area contributed by atoms with Gasteiger partial charge < -0.3 is 10.8 Å². The third kappa shape index (κ3) is 2.67. The van der Waals surface area contributed by atoms with Gasteiger partial charge in [0, 0.05) is 16.3 Å². The second kappa shape index (κ2) is 4.45. The number of nitrogens with two attached hydrogens (primary N) is 1. The lowest BCUT2D eigenvalue weighted by atomic mass is 10.1. The van der Waals surface area contributed by atoms with E-state index in [-0.39, 0.29) is 0 Å². The number of anilines is 1. The van der Waals surface area contributed by atoms with Gasteiger partial charge in [-0.2, -0.15) is 0 Å². The number of aliphatic hydroxyl groups is 1. The Balaban J connectivity index is 1.95. The van der Waals surface area contributed by atoms with Crippen LogP contribution in [0.15, 0.2) is 29.2 Å². The summed E-state index contributed by atoms with van der Waals surface area (Å²) >= 11 is 1.67. The molecule has 3 N–H and O–H groups in total. The zero-order chi connectivity index (χ0) is 10.7. The first-order chi connectivity index (χ1) is 7.20. The molecular weight excluding hydrogens is 206 g/mol. The van der Waals surface area contributed by atoms with E-state index in [9.17, 15) is 5.11 Å². The summed E-state index contributed by atoms with van der Waals surface area (Å²) in [6.07, 6.45) is 4.18. The highest BCUT2D eigenvalue weighted by Crippen LogP contribution is 2.36. The van der Waals surface area contributed by atoms with Gasteiger partial charge in [-0.25, -0.2) is 0 Å². The Morgan fingerprint density at radius 1 is 1.27 bits per heavy atom. The fraction of sp³-hybridized carbons (Fsp3) is 0.500. The quantitative estimate of drug-likeness (QED) is 0.611. The molecule has 1 aliphatic rings. The Labute approximate surface area is 94.9 Å². The highest BCUT2D eigenvalue weighted by molar-refractivity contribution is 7.99. The van der Waals surface area contributed by atoms with Gasteiger partial charge in [0.05, 0.1) is 5.60 Å². The van der Waals surface area contributed by atoms with Gasteiger partial charge in [-0.3, -0.25) is 0 Å². The molecule has 0 aliphatic heterocycles. The lowest BCUT2D eigenvalue weighted by Crippen LogP contribution is -2.27. The van der Waals surface area contributed by atoms with Crippen LogP contribution in [0.4, 0.5) is 5.69 Å². The number of thioether (sulfide) groups is 1. The summed E-state index contributed by atoms with van der Waals surface area (Å²) in [4.78, 5) is 1.08. The fourth-order valence-corrected chi connectivity index (χ4v) is 3.12. The molecule has 1 aromatic rings. The van der Waals surface area contributed by atoms with Crippen molar-refractivity contribution in [2.45, 2.75) is 36.2 Å². The van der Waals surface area contributed by atoms with Crippen LogP contribution in [0.5, 0.6) is 0 Å². The molecular formula is C12H17NOS. The molecule has 15 heavy (non-hydrogen) atoms. The molecule has 3 heteroatoms. The van der Waals surface area contributed by atoms with Crippen molar-refractivity contribution in [3.8, 4) is 0 Å². The molecule has 0 atom stereocenters. The number of nitrogen functional groups attached to an aromatic ring is 1. The summed E-state index contributed by atoms with van der Waals surface area (Å²) in [6.45, 7) is 0. The van der Waals surface area contributed by atoms with E-state index in [4.69, 9.17) is 5.73 Å². The van der Waals surface area contributed by atoms with Crippen LogP contribution in [0.3, 0.4) is 0 Å². The smallest absolute Gasteiger partial charge is 0.0741 e. The Bertz CT molecular complexity index is 334. The minimum Gasteiger partial charge on any atom is -0.398 e. The highest BCUT2D eigenvalue weighted by atomic mass is 32.2. The minimum atomic E-state index is -0.451. The maximum atomic E-state index is 10.2. The second-order valence-corrected chi connectivity index (χ2v) is 5.28. The monoisotopic (exact) mass is 223 g/mol. The van der Waals surface area contributed by atoms with Crippen molar-refractivity contribution in [2.75, 3.05) is 11.5 Å². The summed E-state index contributed by atoms with van der Waals surface area (Å²) in [5.74, 6) is 0.765. The van der Waals surface area contributed by atoms with Gasteiger partial charge in [0.2, 0.25) is 0 Å². The highest BCUT2D eigenvalue weighted by Gasteiger charge is 2.30. The SMILES string of the molecule is Nc1ccccc1SCC1(O)CCCC1. The van der Waals surface area contributed by atoms with Gasteiger partial charge in [-0.1, -0.05) is 25.0 Å². The van der Waals surface area contributed by atoms with E-state index in [2.05, 4.69) is 0 Å². The van der Waals surface area contributed by atoms with Crippen molar-refractivity contribution in [1.29, 1.82) is 0 Å². The van der Waals surface area contributed by atoms with Crippen molar-refractivity contribution < 1.29 is 5.11 Å². The number of para-hydroxylation sites is 1. The van der Waals surface area contributed by atoms with Crippen LogP contribution in [0.25, 0.3) is 0 Å². The van der Waals surface area contributed by atoms with E-state index in [0.717, 1.165) is 42.0 Å². The average molecular weight is 223 g/mol. The maximum absolute atomic E-state index is 10.2. The van der Waals surface area contributed by atoms with Crippen molar-refractivity contribution in [3.63, 3.8) is 0 Å². The molecule has 2 rings (SSSR count). The van der Waals surface area contributed by atoms with Gasteiger partial charge in [-0.15, -0.1) is 11.8 Å². The molecule has 82 valence electrons. The molecule has 1 aliphatic carbocycles. The standard InChI is InChI=1S/C12H17NOS/c13-10-5-1-2-6-11(10)15-9-12(14)7-3-4-8-12/h1-2,5-6,14H,3-4,7-9,13H2. The Kier molecular flexibility index (Phi) is 3.22. The number of benzene rings is 1. The molecule has 0 aromatic heterocycles. The van der Waals surface area contributed by atoms with Crippen LogP contribution < -0.4 is 5.73 Å². The Hall–Kier alpha value is -0.670. The predicted octanol–water partition coefficient (Wildman–Crippen LogP) is 2.67. The van der Waals surface area contributed by atoms with Crippen LogP contribution >= 0.6 is 11.8 Å². The molecule has 0 heterocycles. The van der Waals surface area contributed by atoms with Gasteiger partial charge in [0.25, 0.3) is 0 Å². The summed E-state index contributed by atoms with van der Waals surface area (Å²) in [5, 5.41) is 10.2. The molecule has 1 saturated carbocycles. The van der Waals surface area contributed by atoms with Crippen LogP contribution in [-0.2, 0) is 0 Å². The van der Waals surface area contributed by atoms with E-state index >= 15 is 0 Å². The molecule has 0 saturated heterocycles. The van der Waals surface area contributed by atoms with E-state index in [1.807, 2.05) is 24.3 Å². The van der Waals surface area contributed by atoms with Crippen LogP contribution in [0.2, 0.25) is 0 Å². The van der Waals surface area contributed by atoms with Crippen molar-refractivity contribution in [2.24, 2.45) is 0 Å². The average Bonchev–Trinajstić information content (AvgIpc) is 2.65.